The molecule has 3 rings (SSSR count). The van der Waals surface area contributed by atoms with Crippen LogP contribution in [0, 0.1) is 13.8 Å². The predicted octanol–water partition coefficient (Wildman–Crippen LogP) is 2.68. The van der Waals surface area contributed by atoms with Crippen molar-refractivity contribution in [3.05, 3.63) is 51.7 Å². The van der Waals surface area contributed by atoms with Crippen molar-refractivity contribution in [2.24, 2.45) is 0 Å². The number of benzene rings is 1. The maximum absolute atomic E-state index is 12.4. The Labute approximate surface area is 144 Å². The highest BCUT2D eigenvalue weighted by Gasteiger charge is 2.15. The first-order valence-electron chi connectivity index (χ1n) is 7.65. The van der Waals surface area contributed by atoms with Gasteiger partial charge in [0, 0.05) is 17.5 Å². The number of likely N-dealkylation sites (N-methyl/N-ethyl adjacent to an activating group) is 1. The zero-order valence-corrected chi connectivity index (χ0v) is 14.7. The van der Waals surface area contributed by atoms with Crippen LogP contribution in [0.5, 0.6) is 0 Å². The lowest BCUT2D eigenvalue weighted by atomic mass is 10.1. The largest absolute Gasteiger partial charge is 0.339 e. The highest BCUT2D eigenvalue weighted by atomic mass is 32.1. The molecule has 6 nitrogen and oxygen atoms in total. The topological polar surface area (TPSA) is 63.9 Å². The number of amides is 1. The zero-order valence-electron chi connectivity index (χ0n) is 13.9. The van der Waals surface area contributed by atoms with Crippen molar-refractivity contribution >= 4 is 17.2 Å². The van der Waals surface area contributed by atoms with Gasteiger partial charge in [0.15, 0.2) is 0 Å². The quantitative estimate of drug-likeness (QED) is 0.716. The number of hydrogen-bond acceptors (Lipinski definition) is 5. The summed E-state index contributed by atoms with van der Waals surface area (Å²) in [5.74, 6) is 0.495. The third-order valence-corrected chi connectivity index (χ3v) is 4.90. The van der Waals surface area contributed by atoms with Crippen LogP contribution in [0.2, 0.25) is 0 Å². The Bertz CT molecular complexity index is 854. The molecule has 0 fully saturated rings. The van der Waals surface area contributed by atoms with E-state index >= 15 is 0 Å². The van der Waals surface area contributed by atoms with E-state index in [0.29, 0.717) is 12.4 Å². The maximum Gasteiger partial charge on any atom is 0.246 e. The molecule has 24 heavy (non-hydrogen) atoms. The molecule has 0 bridgehead atoms. The van der Waals surface area contributed by atoms with Gasteiger partial charge in [0.05, 0.1) is 6.54 Å². The Balaban J connectivity index is 1.67. The van der Waals surface area contributed by atoms with Crippen LogP contribution >= 0.6 is 11.3 Å². The monoisotopic (exact) mass is 341 g/mol. The van der Waals surface area contributed by atoms with Crippen LogP contribution in [-0.4, -0.2) is 38.1 Å². The van der Waals surface area contributed by atoms with Gasteiger partial charge >= 0.3 is 0 Å². The van der Waals surface area contributed by atoms with E-state index in [0.717, 1.165) is 11.1 Å². The average Bonchev–Trinajstić information content (AvgIpc) is 3.17. The molecule has 0 saturated heterocycles. The van der Waals surface area contributed by atoms with Crippen LogP contribution in [0.3, 0.4) is 0 Å². The van der Waals surface area contributed by atoms with Crippen LogP contribution in [0.1, 0.15) is 16.0 Å². The number of aryl methyl sites for hydroxylation is 2. The summed E-state index contributed by atoms with van der Waals surface area (Å²) in [5, 5.41) is 14.4. The summed E-state index contributed by atoms with van der Waals surface area (Å²) in [6.45, 7) is 4.73. The van der Waals surface area contributed by atoms with Crippen molar-refractivity contribution in [2.75, 3.05) is 7.05 Å². The van der Waals surface area contributed by atoms with Gasteiger partial charge in [0.2, 0.25) is 11.7 Å². The molecule has 3 aromatic rings. The molecular formula is C17H19N5OS. The van der Waals surface area contributed by atoms with Crippen LogP contribution in [-0.2, 0) is 17.9 Å². The van der Waals surface area contributed by atoms with E-state index in [4.69, 9.17) is 0 Å². The Kier molecular flexibility index (Phi) is 4.71. The minimum Gasteiger partial charge on any atom is -0.339 e. The average molecular weight is 341 g/mol. The number of carbonyl (C=O) groups excluding carboxylic acids is 1. The minimum absolute atomic E-state index is 0.0449. The van der Waals surface area contributed by atoms with E-state index in [1.165, 1.54) is 15.2 Å². The molecular weight excluding hydrogens is 322 g/mol. The number of rotatable bonds is 5. The molecule has 0 N–H and O–H groups in total. The molecule has 0 radical (unpaired) electrons. The summed E-state index contributed by atoms with van der Waals surface area (Å²) in [5.41, 5.74) is 3.22. The molecule has 124 valence electrons. The van der Waals surface area contributed by atoms with E-state index in [2.05, 4.69) is 28.4 Å². The Morgan fingerprint density at radius 1 is 1.21 bits per heavy atom. The van der Waals surface area contributed by atoms with Gasteiger partial charge in [-0.05, 0) is 41.6 Å². The van der Waals surface area contributed by atoms with Crippen LogP contribution in [0.25, 0.3) is 11.4 Å². The molecule has 1 aromatic carbocycles. The first kappa shape index (κ1) is 16.3. The van der Waals surface area contributed by atoms with Gasteiger partial charge in [-0.1, -0.05) is 24.3 Å². The Morgan fingerprint density at radius 3 is 2.71 bits per heavy atom. The number of tetrazole rings is 1. The molecule has 2 aromatic heterocycles. The van der Waals surface area contributed by atoms with Gasteiger partial charge in [-0.2, -0.15) is 4.80 Å². The second kappa shape index (κ2) is 6.92. The van der Waals surface area contributed by atoms with Crippen molar-refractivity contribution in [1.82, 2.24) is 25.1 Å². The standard InChI is InChI=1S/C17H19N5OS/c1-12-6-4-5-7-14(12)17-18-20-22(19-17)11-16(23)21(3)10-15-13(2)8-9-24-15/h4-9H,10-11H2,1-3H3. The molecule has 0 atom stereocenters. The number of hydrogen-bond donors (Lipinski definition) is 0. The van der Waals surface area contributed by atoms with Gasteiger partial charge in [0.1, 0.15) is 6.54 Å². The summed E-state index contributed by atoms with van der Waals surface area (Å²) in [7, 11) is 1.79. The first-order chi connectivity index (χ1) is 11.5. The van der Waals surface area contributed by atoms with Gasteiger partial charge in [0.25, 0.3) is 0 Å². The fourth-order valence-electron chi connectivity index (χ4n) is 2.35. The number of aromatic nitrogens is 4. The molecule has 0 saturated carbocycles. The lowest BCUT2D eigenvalue weighted by Gasteiger charge is -2.16. The highest BCUT2D eigenvalue weighted by molar-refractivity contribution is 7.10. The lowest BCUT2D eigenvalue weighted by Crippen LogP contribution is -2.30. The van der Waals surface area contributed by atoms with Crippen LogP contribution in [0.4, 0.5) is 0 Å². The molecule has 7 heteroatoms. The van der Waals surface area contributed by atoms with Crippen molar-refractivity contribution in [2.45, 2.75) is 26.9 Å². The second-order valence-electron chi connectivity index (χ2n) is 5.73. The molecule has 2 heterocycles. The highest BCUT2D eigenvalue weighted by Crippen LogP contribution is 2.19. The van der Waals surface area contributed by atoms with Crippen molar-refractivity contribution in [3.63, 3.8) is 0 Å². The molecule has 0 spiro atoms. The summed E-state index contributed by atoms with van der Waals surface area (Å²) in [4.78, 5) is 16.6. The fourth-order valence-corrected chi connectivity index (χ4v) is 3.31. The number of carbonyl (C=O) groups is 1. The summed E-state index contributed by atoms with van der Waals surface area (Å²) >= 11 is 1.66. The van der Waals surface area contributed by atoms with E-state index in [1.54, 1.807) is 23.3 Å². The fraction of sp³-hybridized carbons (Fsp3) is 0.294. The van der Waals surface area contributed by atoms with Gasteiger partial charge in [-0.15, -0.1) is 21.5 Å². The van der Waals surface area contributed by atoms with Crippen molar-refractivity contribution < 1.29 is 4.79 Å². The minimum atomic E-state index is -0.0449. The molecule has 0 aliphatic rings. The van der Waals surface area contributed by atoms with Crippen molar-refractivity contribution in [1.29, 1.82) is 0 Å². The predicted molar refractivity (Wildman–Crippen MR) is 93.5 cm³/mol. The molecule has 0 unspecified atom stereocenters. The van der Waals surface area contributed by atoms with E-state index in [9.17, 15) is 4.79 Å². The summed E-state index contributed by atoms with van der Waals surface area (Å²) in [6, 6.07) is 9.91. The van der Waals surface area contributed by atoms with Crippen LogP contribution < -0.4 is 0 Å². The van der Waals surface area contributed by atoms with Gasteiger partial charge in [-0.3, -0.25) is 4.79 Å². The van der Waals surface area contributed by atoms with Crippen molar-refractivity contribution in [3.8, 4) is 11.4 Å². The second-order valence-corrected chi connectivity index (χ2v) is 6.74. The molecule has 1 amide bonds. The maximum atomic E-state index is 12.4. The SMILES string of the molecule is Cc1ccccc1-c1nnn(CC(=O)N(C)Cc2sccc2C)n1. The van der Waals surface area contributed by atoms with E-state index in [-0.39, 0.29) is 12.5 Å². The Morgan fingerprint density at radius 2 is 2.00 bits per heavy atom. The lowest BCUT2D eigenvalue weighted by molar-refractivity contribution is -0.131. The zero-order chi connectivity index (χ0) is 17.1. The van der Waals surface area contributed by atoms with E-state index in [1.807, 2.05) is 36.6 Å². The number of thiophene rings is 1. The van der Waals surface area contributed by atoms with E-state index < -0.39 is 0 Å². The smallest absolute Gasteiger partial charge is 0.246 e. The normalized spacial score (nSPS) is 10.8. The summed E-state index contributed by atoms with van der Waals surface area (Å²) in [6.07, 6.45) is 0. The van der Waals surface area contributed by atoms with Crippen LogP contribution in [0.15, 0.2) is 35.7 Å². The first-order valence-corrected chi connectivity index (χ1v) is 8.53. The Hall–Kier alpha value is -2.54. The molecule has 0 aliphatic carbocycles. The third-order valence-electron chi connectivity index (χ3n) is 3.89. The van der Waals surface area contributed by atoms with Gasteiger partial charge in [-0.25, -0.2) is 0 Å². The van der Waals surface area contributed by atoms with Gasteiger partial charge < -0.3 is 4.90 Å². The molecule has 0 aliphatic heterocycles. The summed E-state index contributed by atoms with van der Waals surface area (Å²) < 4.78 is 0. The number of nitrogens with zero attached hydrogens (tertiary/aromatic N) is 5. The third kappa shape index (κ3) is 3.51.